The molecular weight excluding hydrogens is 343 g/mol. The highest BCUT2D eigenvalue weighted by atomic mass is 35.5. The van der Waals surface area contributed by atoms with Gasteiger partial charge in [-0.15, -0.1) is 12.4 Å². The summed E-state index contributed by atoms with van der Waals surface area (Å²) in [5.74, 6) is -0.252. The Hall–Kier alpha value is -1.31. The number of carbonyl (C=O) groups is 1. The molecule has 136 valence electrons. The molecule has 0 aromatic heterocycles. The summed E-state index contributed by atoms with van der Waals surface area (Å²) in [4.78, 5) is 13.9. The lowest BCUT2D eigenvalue weighted by atomic mass is 9.96. The Labute approximate surface area is 146 Å². The van der Waals surface area contributed by atoms with Gasteiger partial charge in [0.15, 0.2) is 0 Å². The third-order valence-corrected chi connectivity index (χ3v) is 4.04. The molecule has 1 aromatic carbocycles. The minimum absolute atomic E-state index is 0. The van der Waals surface area contributed by atoms with Crippen LogP contribution in [-0.4, -0.2) is 37.0 Å². The van der Waals surface area contributed by atoms with Gasteiger partial charge in [0.05, 0.1) is 11.5 Å². The minimum Gasteiger partial charge on any atom is -0.355 e. The molecule has 8 heteroatoms. The van der Waals surface area contributed by atoms with Crippen molar-refractivity contribution in [3.63, 3.8) is 0 Å². The third kappa shape index (κ3) is 5.65. The molecule has 0 radical (unpaired) electrons. The number of benzene rings is 1. The lowest BCUT2D eigenvalue weighted by molar-refractivity contribution is -0.138. The summed E-state index contributed by atoms with van der Waals surface area (Å²) in [7, 11) is 0. The number of alkyl halides is 3. The fourth-order valence-electron chi connectivity index (χ4n) is 2.93. The van der Waals surface area contributed by atoms with Crippen molar-refractivity contribution >= 4 is 18.3 Å². The first-order valence-electron chi connectivity index (χ1n) is 7.77. The molecule has 1 unspecified atom stereocenters. The van der Waals surface area contributed by atoms with Crippen molar-refractivity contribution in [2.45, 2.75) is 25.6 Å². The lowest BCUT2D eigenvalue weighted by Gasteiger charge is -2.32. The van der Waals surface area contributed by atoms with Gasteiger partial charge in [-0.05, 0) is 31.0 Å². The van der Waals surface area contributed by atoms with Crippen molar-refractivity contribution < 1.29 is 18.0 Å². The third-order valence-electron chi connectivity index (χ3n) is 4.04. The summed E-state index contributed by atoms with van der Waals surface area (Å²) in [5, 5.41) is 2.75. The highest BCUT2D eigenvalue weighted by Crippen LogP contribution is 2.32. The van der Waals surface area contributed by atoms with Crippen LogP contribution in [0, 0.1) is 5.92 Å². The lowest BCUT2D eigenvalue weighted by Crippen LogP contribution is -2.43. The minimum atomic E-state index is -4.36. The molecule has 1 amide bonds. The zero-order valence-electron chi connectivity index (χ0n) is 13.3. The van der Waals surface area contributed by atoms with Crippen molar-refractivity contribution in [1.82, 2.24) is 10.2 Å². The maximum Gasteiger partial charge on any atom is 0.416 e. The van der Waals surface area contributed by atoms with Crippen LogP contribution < -0.4 is 11.1 Å². The number of nitrogens with two attached hydrogens (primary N) is 1. The molecule has 1 atom stereocenters. The van der Waals surface area contributed by atoms with Gasteiger partial charge in [0.1, 0.15) is 0 Å². The van der Waals surface area contributed by atoms with Crippen molar-refractivity contribution in [3.05, 3.63) is 35.4 Å². The molecule has 4 nitrogen and oxygen atoms in total. The maximum atomic E-state index is 13.1. The molecule has 0 aliphatic carbocycles. The largest absolute Gasteiger partial charge is 0.416 e. The summed E-state index contributed by atoms with van der Waals surface area (Å²) in [6.07, 6.45) is -2.80. The smallest absolute Gasteiger partial charge is 0.355 e. The molecule has 2 rings (SSSR count). The van der Waals surface area contributed by atoms with Gasteiger partial charge in [0.25, 0.3) is 0 Å². The van der Waals surface area contributed by atoms with E-state index < -0.39 is 11.7 Å². The van der Waals surface area contributed by atoms with Crippen molar-refractivity contribution in [2.75, 3.05) is 26.2 Å². The fourth-order valence-corrected chi connectivity index (χ4v) is 2.93. The average Bonchev–Trinajstić information content (AvgIpc) is 2.52. The van der Waals surface area contributed by atoms with Crippen molar-refractivity contribution in [1.29, 1.82) is 0 Å². The number of nitrogens with zero attached hydrogens (tertiary/aromatic N) is 1. The summed E-state index contributed by atoms with van der Waals surface area (Å²) in [6.45, 7) is 2.18. The number of amides is 1. The van der Waals surface area contributed by atoms with Gasteiger partial charge >= 0.3 is 6.18 Å². The van der Waals surface area contributed by atoms with Gasteiger partial charge < -0.3 is 11.1 Å². The Balaban J connectivity index is 0.00000288. The molecule has 1 heterocycles. The average molecular weight is 366 g/mol. The summed E-state index contributed by atoms with van der Waals surface area (Å²) < 4.78 is 39.2. The van der Waals surface area contributed by atoms with Crippen LogP contribution in [0.2, 0.25) is 0 Å². The monoisotopic (exact) mass is 365 g/mol. The summed E-state index contributed by atoms with van der Waals surface area (Å²) >= 11 is 0. The Morgan fingerprint density at radius 1 is 1.33 bits per heavy atom. The van der Waals surface area contributed by atoms with Gasteiger partial charge in [0, 0.05) is 26.2 Å². The predicted octanol–water partition coefficient (Wildman–Crippen LogP) is 2.41. The SMILES string of the molecule is Cl.NCCNC(=O)C1CCCN(Cc2ccccc2C(F)(F)F)C1. The number of hydrogen-bond acceptors (Lipinski definition) is 3. The first-order valence-corrected chi connectivity index (χ1v) is 7.77. The van der Waals surface area contributed by atoms with Gasteiger partial charge in [0.2, 0.25) is 5.91 Å². The molecular formula is C16H23ClF3N3O. The quantitative estimate of drug-likeness (QED) is 0.842. The Morgan fingerprint density at radius 2 is 2.04 bits per heavy atom. The van der Waals surface area contributed by atoms with Gasteiger partial charge in [-0.1, -0.05) is 18.2 Å². The van der Waals surface area contributed by atoms with Gasteiger partial charge in [-0.3, -0.25) is 9.69 Å². The number of hydrogen-bond donors (Lipinski definition) is 2. The highest BCUT2D eigenvalue weighted by Gasteiger charge is 2.34. The molecule has 1 aliphatic heterocycles. The number of carbonyl (C=O) groups excluding carboxylic acids is 1. The highest BCUT2D eigenvalue weighted by molar-refractivity contribution is 5.85. The van der Waals surface area contributed by atoms with Gasteiger partial charge in [-0.25, -0.2) is 0 Å². The fraction of sp³-hybridized carbons (Fsp3) is 0.562. The molecule has 0 bridgehead atoms. The van der Waals surface area contributed by atoms with E-state index in [1.807, 2.05) is 4.90 Å². The number of rotatable bonds is 5. The molecule has 1 saturated heterocycles. The van der Waals surface area contributed by atoms with Crippen molar-refractivity contribution in [2.24, 2.45) is 11.7 Å². The van der Waals surface area contributed by atoms with E-state index in [4.69, 9.17) is 5.73 Å². The number of piperidine rings is 1. The van der Waals surface area contributed by atoms with Crippen LogP contribution in [0.3, 0.4) is 0 Å². The van der Waals surface area contributed by atoms with E-state index in [0.717, 1.165) is 18.9 Å². The Bertz CT molecular complexity index is 540. The second kappa shape index (κ2) is 9.25. The molecule has 24 heavy (non-hydrogen) atoms. The van der Waals surface area contributed by atoms with E-state index in [9.17, 15) is 18.0 Å². The zero-order chi connectivity index (χ0) is 16.9. The molecule has 1 aliphatic rings. The number of halogens is 4. The van der Waals surface area contributed by atoms with Crippen molar-refractivity contribution in [3.8, 4) is 0 Å². The second-order valence-corrected chi connectivity index (χ2v) is 5.81. The summed E-state index contributed by atoms with van der Waals surface area (Å²) in [6, 6.07) is 5.61. The van der Waals surface area contributed by atoms with E-state index >= 15 is 0 Å². The van der Waals surface area contributed by atoms with E-state index in [1.54, 1.807) is 6.07 Å². The predicted molar refractivity (Wildman–Crippen MR) is 88.8 cm³/mol. The molecule has 1 fully saturated rings. The Morgan fingerprint density at radius 3 is 2.71 bits per heavy atom. The van der Waals surface area contributed by atoms with Crippen LogP contribution in [0.1, 0.15) is 24.0 Å². The van der Waals surface area contributed by atoms with Crippen LogP contribution in [0.4, 0.5) is 13.2 Å². The first kappa shape index (κ1) is 20.7. The first-order chi connectivity index (χ1) is 10.9. The van der Waals surface area contributed by atoms with Crippen LogP contribution in [0.25, 0.3) is 0 Å². The van der Waals surface area contributed by atoms with Gasteiger partial charge in [-0.2, -0.15) is 13.2 Å². The summed E-state index contributed by atoms with van der Waals surface area (Å²) in [5.41, 5.74) is 5.01. The van der Waals surface area contributed by atoms with E-state index in [1.165, 1.54) is 12.1 Å². The van der Waals surface area contributed by atoms with Crippen LogP contribution >= 0.6 is 12.4 Å². The van der Waals surface area contributed by atoms with E-state index in [-0.39, 0.29) is 36.3 Å². The normalized spacial score (nSPS) is 18.8. The second-order valence-electron chi connectivity index (χ2n) is 5.81. The molecule has 0 saturated carbocycles. The van der Waals surface area contributed by atoms with Crippen LogP contribution in [0.15, 0.2) is 24.3 Å². The van der Waals surface area contributed by atoms with E-state index in [0.29, 0.717) is 26.2 Å². The molecule has 0 spiro atoms. The number of likely N-dealkylation sites (tertiary alicyclic amines) is 1. The topological polar surface area (TPSA) is 58.4 Å². The molecule has 1 aromatic rings. The maximum absolute atomic E-state index is 13.1. The zero-order valence-corrected chi connectivity index (χ0v) is 14.1. The molecule has 3 N–H and O–H groups in total. The number of nitrogens with one attached hydrogen (secondary N) is 1. The van der Waals surface area contributed by atoms with Crippen LogP contribution in [-0.2, 0) is 17.5 Å². The Kier molecular flexibility index (Phi) is 7.99. The van der Waals surface area contributed by atoms with E-state index in [2.05, 4.69) is 5.32 Å². The van der Waals surface area contributed by atoms with Crippen LogP contribution in [0.5, 0.6) is 0 Å². The standard InChI is InChI=1S/C16H22F3N3O.ClH/c17-16(18,19)14-6-2-1-4-12(14)10-22-9-3-5-13(11-22)15(23)21-8-7-20;/h1-2,4,6,13H,3,5,7-11,20H2,(H,21,23);1H.